The second kappa shape index (κ2) is 5.52. The smallest absolute Gasteiger partial charge is 0.137 e. The third-order valence-corrected chi connectivity index (χ3v) is 3.38. The predicted octanol–water partition coefficient (Wildman–Crippen LogP) is 3.33. The minimum Gasteiger partial charge on any atom is -0.307 e. The Morgan fingerprint density at radius 2 is 2.25 bits per heavy atom. The Hall–Kier alpha value is -0.780. The van der Waals surface area contributed by atoms with Crippen molar-refractivity contribution in [2.75, 3.05) is 0 Å². The Labute approximate surface area is 106 Å². The Kier molecular flexibility index (Phi) is 4.04. The topological polar surface area (TPSA) is 24.9 Å². The van der Waals surface area contributed by atoms with Crippen molar-refractivity contribution in [1.29, 1.82) is 0 Å². The number of nitrogens with one attached hydrogen (secondary N) is 1. The lowest BCUT2D eigenvalue weighted by Gasteiger charge is -2.04. The van der Waals surface area contributed by atoms with Gasteiger partial charge in [-0.2, -0.15) is 0 Å². The number of aromatic nitrogens is 1. The molecule has 0 aliphatic rings. The quantitative estimate of drug-likeness (QED) is 0.937. The van der Waals surface area contributed by atoms with Crippen LogP contribution in [0.25, 0.3) is 0 Å². The van der Waals surface area contributed by atoms with E-state index in [9.17, 15) is 4.39 Å². The average Bonchev–Trinajstić information content (AvgIpc) is 2.76. The zero-order chi connectivity index (χ0) is 11.4. The molecule has 0 radical (unpaired) electrons. The summed E-state index contributed by atoms with van der Waals surface area (Å²) >= 11 is 4.70. The average molecular weight is 301 g/mol. The Balaban J connectivity index is 1.87. The molecule has 0 atom stereocenters. The van der Waals surface area contributed by atoms with Crippen molar-refractivity contribution >= 4 is 27.3 Å². The molecule has 0 fully saturated rings. The van der Waals surface area contributed by atoms with Gasteiger partial charge >= 0.3 is 0 Å². The van der Waals surface area contributed by atoms with Crippen LogP contribution in [0.5, 0.6) is 0 Å². The summed E-state index contributed by atoms with van der Waals surface area (Å²) in [5.74, 6) is -0.229. The molecular formula is C11H10BrFN2S. The van der Waals surface area contributed by atoms with E-state index in [1.807, 2.05) is 11.4 Å². The first-order chi connectivity index (χ1) is 7.75. The van der Waals surface area contributed by atoms with E-state index in [1.165, 1.54) is 6.07 Å². The summed E-state index contributed by atoms with van der Waals surface area (Å²) in [5, 5.41) is 5.21. The maximum atomic E-state index is 13.2. The van der Waals surface area contributed by atoms with Gasteiger partial charge in [0.15, 0.2) is 0 Å². The SMILES string of the molecule is Fc1cc(CNCc2cscn2)ccc1Br. The first-order valence-corrected chi connectivity index (χ1v) is 6.51. The van der Waals surface area contributed by atoms with Crippen LogP contribution in [-0.2, 0) is 13.1 Å². The van der Waals surface area contributed by atoms with Crippen molar-refractivity contribution in [3.05, 3.63) is 50.6 Å². The molecule has 0 aliphatic carbocycles. The van der Waals surface area contributed by atoms with Gasteiger partial charge in [-0.25, -0.2) is 9.37 Å². The van der Waals surface area contributed by atoms with Gasteiger partial charge in [0.25, 0.3) is 0 Å². The van der Waals surface area contributed by atoms with Gasteiger partial charge in [0.1, 0.15) is 5.82 Å². The molecule has 16 heavy (non-hydrogen) atoms. The highest BCUT2D eigenvalue weighted by atomic mass is 79.9. The summed E-state index contributed by atoms with van der Waals surface area (Å²) in [4.78, 5) is 4.15. The lowest BCUT2D eigenvalue weighted by Crippen LogP contribution is -2.12. The molecular weight excluding hydrogens is 291 g/mol. The largest absolute Gasteiger partial charge is 0.307 e. The summed E-state index contributed by atoms with van der Waals surface area (Å²) in [6.45, 7) is 1.35. The van der Waals surface area contributed by atoms with Crippen LogP contribution in [0.15, 0.2) is 33.6 Å². The van der Waals surface area contributed by atoms with Crippen LogP contribution in [0.2, 0.25) is 0 Å². The number of benzene rings is 1. The summed E-state index contributed by atoms with van der Waals surface area (Å²) in [5.41, 5.74) is 3.74. The van der Waals surface area contributed by atoms with E-state index in [1.54, 1.807) is 22.9 Å². The molecule has 1 N–H and O–H groups in total. The number of nitrogens with zero attached hydrogens (tertiary/aromatic N) is 1. The maximum absolute atomic E-state index is 13.2. The molecule has 0 aliphatic heterocycles. The summed E-state index contributed by atoms with van der Waals surface area (Å²) in [6, 6.07) is 5.13. The van der Waals surface area contributed by atoms with Crippen molar-refractivity contribution in [2.45, 2.75) is 13.1 Å². The zero-order valence-corrected chi connectivity index (χ0v) is 10.8. The third kappa shape index (κ3) is 3.10. The van der Waals surface area contributed by atoms with Crippen molar-refractivity contribution < 1.29 is 4.39 Å². The predicted molar refractivity (Wildman–Crippen MR) is 66.8 cm³/mol. The molecule has 84 valence electrons. The fourth-order valence-corrected chi connectivity index (χ4v) is 2.11. The molecule has 0 saturated carbocycles. The molecule has 0 saturated heterocycles. The van der Waals surface area contributed by atoms with Crippen LogP contribution in [-0.4, -0.2) is 4.98 Å². The molecule has 1 aromatic carbocycles. The number of thiazole rings is 1. The molecule has 0 spiro atoms. The minimum atomic E-state index is -0.229. The van der Waals surface area contributed by atoms with Gasteiger partial charge in [-0.05, 0) is 33.6 Å². The molecule has 1 aromatic heterocycles. The van der Waals surface area contributed by atoms with Crippen LogP contribution >= 0.6 is 27.3 Å². The first-order valence-electron chi connectivity index (χ1n) is 4.77. The van der Waals surface area contributed by atoms with Crippen molar-refractivity contribution in [3.63, 3.8) is 0 Å². The van der Waals surface area contributed by atoms with E-state index < -0.39 is 0 Å². The van der Waals surface area contributed by atoms with Crippen molar-refractivity contribution in [1.82, 2.24) is 10.3 Å². The lowest BCUT2D eigenvalue weighted by molar-refractivity contribution is 0.613. The maximum Gasteiger partial charge on any atom is 0.137 e. The number of halogens is 2. The van der Waals surface area contributed by atoms with Gasteiger partial charge < -0.3 is 5.32 Å². The van der Waals surface area contributed by atoms with E-state index in [0.717, 1.165) is 11.3 Å². The lowest BCUT2D eigenvalue weighted by atomic mass is 10.2. The van der Waals surface area contributed by atoms with E-state index in [0.29, 0.717) is 17.6 Å². The Morgan fingerprint density at radius 3 is 2.94 bits per heavy atom. The Morgan fingerprint density at radius 1 is 1.38 bits per heavy atom. The highest BCUT2D eigenvalue weighted by molar-refractivity contribution is 9.10. The molecule has 2 rings (SSSR count). The first kappa shape index (κ1) is 11.7. The van der Waals surface area contributed by atoms with Gasteiger partial charge in [0, 0.05) is 18.5 Å². The zero-order valence-electron chi connectivity index (χ0n) is 8.41. The molecule has 1 heterocycles. The standard InChI is InChI=1S/C11H10BrFN2S/c12-10-2-1-8(3-11(10)13)4-14-5-9-6-16-7-15-9/h1-3,6-7,14H,4-5H2. The van der Waals surface area contributed by atoms with E-state index in [-0.39, 0.29) is 5.82 Å². The highest BCUT2D eigenvalue weighted by Crippen LogP contribution is 2.16. The summed E-state index contributed by atoms with van der Waals surface area (Å²) in [7, 11) is 0. The molecule has 0 amide bonds. The minimum absolute atomic E-state index is 0.229. The van der Waals surface area contributed by atoms with Crippen LogP contribution in [0, 0.1) is 5.82 Å². The third-order valence-electron chi connectivity index (χ3n) is 2.10. The monoisotopic (exact) mass is 300 g/mol. The van der Waals surface area contributed by atoms with Crippen LogP contribution in [0.1, 0.15) is 11.3 Å². The number of hydrogen-bond donors (Lipinski definition) is 1. The summed E-state index contributed by atoms with van der Waals surface area (Å²) < 4.78 is 13.7. The number of rotatable bonds is 4. The second-order valence-corrected chi connectivity index (χ2v) is 4.90. The van der Waals surface area contributed by atoms with Gasteiger partial charge in [-0.1, -0.05) is 6.07 Å². The van der Waals surface area contributed by atoms with Gasteiger partial charge in [-0.3, -0.25) is 0 Å². The fraction of sp³-hybridized carbons (Fsp3) is 0.182. The van der Waals surface area contributed by atoms with E-state index >= 15 is 0 Å². The van der Waals surface area contributed by atoms with Crippen LogP contribution in [0.4, 0.5) is 4.39 Å². The van der Waals surface area contributed by atoms with Crippen molar-refractivity contribution in [3.8, 4) is 0 Å². The molecule has 0 bridgehead atoms. The Bertz CT molecular complexity index is 459. The van der Waals surface area contributed by atoms with Crippen LogP contribution < -0.4 is 5.32 Å². The van der Waals surface area contributed by atoms with Gasteiger partial charge in [-0.15, -0.1) is 11.3 Å². The van der Waals surface area contributed by atoms with Crippen molar-refractivity contribution in [2.24, 2.45) is 0 Å². The normalized spacial score (nSPS) is 10.6. The summed E-state index contributed by atoms with van der Waals surface area (Å²) in [6.07, 6.45) is 0. The molecule has 0 unspecified atom stereocenters. The number of hydrogen-bond acceptors (Lipinski definition) is 3. The molecule has 2 nitrogen and oxygen atoms in total. The molecule has 2 aromatic rings. The second-order valence-electron chi connectivity index (χ2n) is 3.33. The van der Waals surface area contributed by atoms with Gasteiger partial charge in [0.2, 0.25) is 0 Å². The molecule has 5 heteroatoms. The van der Waals surface area contributed by atoms with Crippen LogP contribution in [0.3, 0.4) is 0 Å². The van der Waals surface area contributed by atoms with E-state index in [2.05, 4.69) is 26.2 Å². The fourth-order valence-electron chi connectivity index (χ4n) is 1.31. The highest BCUT2D eigenvalue weighted by Gasteiger charge is 2.00. The van der Waals surface area contributed by atoms with E-state index in [4.69, 9.17) is 0 Å². The van der Waals surface area contributed by atoms with Gasteiger partial charge in [0.05, 0.1) is 15.7 Å².